The van der Waals surface area contributed by atoms with E-state index in [0.717, 1.165) is 5.69 Å². The zero-order valence-corrected chi connectivity index (χ0v) is 8.02. The lowest BCUT2D eigenvalue weighted by Crippen LogP contribution is -1.95. The van der Waals surface area contributed by atoms with Crippen LogP contribution >= 0.6 is 11.6 Å². The molecule has 0 aliphatic heterocycles. The van der Waals surface area contributed by atoms with E-state index >= 15 is 0 Å². The normalized spacial score (nSPS) is 10.4. The molecular formula is C9H8ClN3O. The van der Waals surface area contributed by atoms with Gasteiger partial charge in [0.1, 0.15) is 12.9 Å². The summed E-state index contributed by atoms with van der Waals surface area (Å²) in [5.74, 6) is 0.403. The topological polar surface area (TPSA) is 50.9 Å². The molecule has 0 amide bonds. The van der Waals surface area contributed by atoms with E-state index in [-0.39, 0.29) is 6.61 Å². The number of hydrogen-bond donors (Lipinski definition) is 1. The molecule has 0 aliphatic rings. The van der Waals surface area contributed by atoms with Crippen LogP contribution in [0.2, 0.25) is 5.02 Å². The van der Waals surface area contributed by atoms with Crippen LogP contribution in [0.5, 0.6) is 0 Å². The van der Waals surface area contributed by atoms with Crippen molar-refractivity contribution < 1.29 is 5.11 Å². The molecule has 2 aromatic rings. The van der Waals surface area contributed by atoms with Gasteiger partial charge in [-0.15, -0.1) is 5.10 Å². The molecular weight excluding hydrogens is 202 g/mol. The van der Waals surface area contributed by atoms with Crippen molar-refractivity contribution in [3.05, 3.63) is 41.4 Å². The molecule has 1 aromatic heterocycles. The number of halogens is 1. The zero-order chi connectivity index (χ0) is 9.97. The summed E-state index contributed by atoms with van der Waals surface area (Å²) in [5, 5.41) is 13.5. The Morgan fingerprint density at radius 2 is 2.00 bits per heavy atom. The molecule has 4 nitrogen and oxygen atoms in total. The first-order valence-electron chi connectivity index (χ1n) is 4.07. The van der Waals surface area contributed by atoms with E-state index < -0.39 is 0 Å². The van der Waals surface area contributed by atoms with E-state index in [0.29, 0.717) is 10.8 Å². The van der Waals surface area contributed by atoms with Crippen LogP contribution < -0.4 is 0 Å². The minimum absolute atomic E-state index is 0.152. The van der Waals surface area contributed by atoms with Gasteiger partial charge in [0.25, 0.3) is 0 Å². The minimum Gasteiger partial charge on any atom is -0.388 e. The monoisotopic (exact) mass is 209 g/mol. The summed E-state index contributed by atoms with van der Waals surface area (Å²) in [6.07, 6.45) is 1.55. The Balaban J connectivity index is 2.34. The number of nitrogens with zero attached hydrogens (tertiary/aromatic N) is 3. The Morgan fingerprint density at radius 3 is 2.57 bits per heavy atom. The second-order valence-electron chi connectivity index (χ2n) is 2.74. The van der Waals surface area contributed by atoms with Gasteiger partial charge in [0.15, 0.2) is 5.82 Å². The molecule has 0 aliphatic carbocycles. The third-order valence-electron chi connectivity index (χ3n) is 1.77. The van der Waals surface area contributed by atoms with Crippen molar-refractivity contribution in [2.24, 2.45) is 0 Å². The fourth-order valence-electron chi connectivity index (χ4n) is 1.09. The number of hydrogen-bond acceptors (Lipinski definition) is 3. The molecule has 5 heteroatoms. The van der Waals surface area contributed by atoms with E-state index in [2.05, 4.69) is 10.1 Å². The number of aliphatic hydroxyl groups is 1. The Labute approximate surface area is 85.8 Å². The third kappa shape index (κ3) is 1.76. The second kappa shape index (κ2) is 3.77. The highest BCUT2D eigenvalue weighted by Crippen LogP contribution is 2.12. The molecule has 0 unspecified atom stereocenters. The Morgan fingerprint density at radius 1 is 1.29 bits per heavy atom. The van der Waals surface area contributed by atoms with Crippen molar-refractivity contribution in [1.82, 2.24) is 14.8 Å². The van der Waals surface area contributed by atoms with Gasteiger partial charge in [0.2, 0.25) is 0 Å². The highest BCUT2D eigenvalue weighted by molar-refractivity contribution is 6.30. The lowest BCUT2D eigenvalue weighted by Gasteiger charge is -1.98. The zero-order valence-electron chi connectivity index (χ0n) is 7.26. The second-order valence-corrected chi connectivity index (χ2v) is 3.18. The maximum absolute atomic E-state index is 8.78. The summed E-state index contributed by atoms with van der Waals surface area (Å²) >= 11 is 5.75. The summed E-state index contributed by atoms with van der Waals surface area (Å²) in [4.78, 5) is 3.90. The van der Waals surface area contributed by atoms with Crippen molar-refractivity contribution in [3.63, 3.8) is 0 Å². The van der Waals surface area contributed by atoms with Crippen molar-refractivity contribution in [2.45, 2.75) is 6.61 Å². The van der Waals surface area contributed by atoms with Crippen LogP contribution in [0.4, 0.5) is 0 Å². The lowest BCUT2D eigenvalue weighted by atomic mass is 10.3. The Kier molecular flexibility index (Phi) is 2.47. The van der Waals surface area contributed by atoms with Gasteiger partial charge in [0, 0.05) is 5.02 Å². The first kappa shape index (κ1) is 9.18. The van der Waals surface area contributed by atoms with Gasteiger partial charge >= 0.3 is 0 Å². The third-order valence-corrected chi connectivity index (χ3v) is 2.02. The molecule has 0 saturated carbocycles. The summed E-state index contributed by atoms with van der Waals surface area (Å²) < 4.78 is 1.59. The van der Waals surface area contributed by atoms with Gasteiger partial charge in [-0.2, -0.15) is 0 Å². The van der Waals surface area contributed by atoms with Gasteiger partial charge in [-0.1, -0.05) is 11.6 Å². The largest absolute Gasteiger partial charge is 0.388 e. The molecule has 0 bridgehead atoms. The molecule has 2 rings (SSSR count). The van der Waals surface area contributed by atoms with Crippen molar-refractivity contribution in [1.29, 1.82) is 0 Å². The highest BCUT2D eigenvalue weighted by Gasteiger charge is 2.00. The van der Waals surface area contributed by atoms with Crippen LogP contribution in [0, 0.1) is 0 Å². The van der Waals surface area contributed by atoms with Gasteiger partial charge in [0.05, 0.1) is 5.69 Å². The molecule has 0 saturated heterocycles. The number of benzene rings is 1. The predicted octanol–water partition coefficient (Wildman–Crippen LogP) is 1.41. The SMILES string of the molecule is OCc1ncn(-c2ccc(Cl)cc2)n1. The molecule has 0 spiro atoms. The van der Waals surface area contributed by atoms with Crippen molar-refractivity contribution in [3.8, 4) is 5.69 Å². The summed E-state index contributed by atoms with van der Waals surface area (Å²) in [5.41, 5.74) is 0.863. The van der Waals surface area contributed by atoms with E-state index in [9.17, 15) is 0 Å². The molecule has 1 aromatic carbocycles. The Hall–Kier alpha value is -1.39. The summed E-state index contributed by atoms with van der Waals surface area (Å²) in [6.45, 7) is -0.152. The van der Waals surface area contributed by atoms with Crippen molar-refractivity contribution >= 4 is 11.6 Å². The maximum Gasteiger partial charge on any atom is 0.176 e. The molecule has 0 fully saturated rings. The fourth-order valence-corrected chi connectivity index (χ4v) is 1.21. The fraction of sp³-hybridized carbons (Fsp3) is 0.111. The van der Waals surface area contributed by atoms with Crippen LogP contribution in [0.15, 0.2) is 30.6 Å². The van der Waals surface area contributed by atoms with E-state index in [1.165, 1.54) is 0 Å². The molecule has 72 valence electrons. The van der Waals surface area contributed by atoms with Crippen LogP contribution in [0.25, 0.3) is 5.69 Å². The number of rotatable bonds is 2. The van der Waals surface area contributed by atoms with Crippen LogP contribution in [-0.2, 0) is 6.61 Å². The lowest BCUT2D eigenvalue weighted by molar-refractivity contribution is 0.271. The van der Waals surface area contributed by atoms with Crippen LogP contribution in [0.3, 0.4) is 0 Å². The number of aromatic nitrogens is 3. The highest BCUT2D eigenvalue weighted by atomic mass is 35.5. The summed E-state index contributed by atoms with van der Waals surface area (Å²) in [7, 11) is 0. The molecule has 1 N–H and O–H groups in total. The van der Waals surface area contributed by atoms with Crippen LogP contribution in [0.1, 0.15) is 5.82 Å². The van der Waals surface area contributed by atoms with E-state index in [1.54, 1.807) is 23.1 Å². The van der Waals surface area contributed by atoms with Crippen molar-refractivity contribution in [2.75, 3.05) is 0 Å². The first-order chi connectivity index (χ1) is 6.79. The van der Waals surface area contributed by atoms with E-state index in [4.69, 9.17) is 16.7 Å². The van der Waals surface area contributed by atoms with Gasteiger partial charge in [-0.05, 0) is 24.3 Å². The molecule has 1 heterocycles. The first-order valence-corrected chi connectivity index (χ1v) is 4.45. The summed E-state index contributed by atoms with van der Waals surface area (Å²) in [6, 6.07) is 7.21. The average Bonchev–Trinajstić information content (AvgIpc) is 2.67. The quantitative estimate of drug-likeness (QED) is 0.814. The van der Waals surface area contributed by atoms with Gasteiger partial charge in [-0.25, -0.2) is 9.67 Å². The average molecular weight is 210 g/mol. The number of aliphatic hydroxyl groups excluding tert-OH is 1. The van der Waals surface area contributed by atoms with E-state index in [1.807, 2.05) is 12.1 Å². The molecule has 14 heavy (non-hydrogen) atoms. The smallest absolute Gasteiger partial charge is 0.176 e. The molecule has 0 radical (unpaired) electrons. The standard InChI is InChI=1S/C9H8ClN3O/c10-7-1-3-8(4-2-7)13-6-11-9(5-14)12-13/h1-4,6,14H,5H2. The maximum atomic E-state index is 8.78. The van der Waals surface area contributed by atoms with Crippen LogP contribution in [-0.4, -0.2) is 19.9 Å². The Bertz CT molecular complexity index is 424. The minimum atomic E-state index is -0.152. The molecule has 0 atom stereocenters. The van der Waals surface area contributed by atoms with Gasteiger partial charge in [-0.3, -0.25) is 0 Å². The predicted molar refractivity (Wildman–Crippen MR) is 52.3 cm³/mol. The van der Waals surface area contributed by atoms with Gasteiger partial charge < -0.3 is 5.11 Å².